The van der Waals surface area contributed by atoms with Crippen LogP contribution in [0.4, 0.5) is 5.82 Å². The number of anilines is 1. The molecular formula is C17H24N6O. The fourth-order valence-corrected chi connectivity index (χ4v) is 3.08. The minimum absolute atomic E-state index is 0.0945. The number of nitrogens with zero attached hydrogens (tertiary/aromatic N) is 4. The summed E-state index contributed by atoms with van der Waals surface area (Å²) in [4.78, 5) is 20.6. The van der Waals surface area contributed by atoms with Crippen LogP contribution in [0.2, 0.25) is 0 Å². The minimum Gasteiger partial charge on any atom is -0.368 e. The van der Waals surface area contributed by atoms with E-state index in [9.17, 15) is 4.79 Å². The van der Waals surface area contributed by atoms with Gasteiger partial charge >= 0.3 is 0 Å². The molecule has 0 unspecified atom stereocenters. The van der Waals surface area contributed by atoms with Crippen molar-refractivity contribution in [1.29, 1.82) is 0 Å². The van der Waals surface area contributed by atoms with Crippen LogP contribution in [0.5, 0.6) is 0 Å². The second-order valence-corrected chi connectivity index (χ2v) is 6.33. The molecule has 24 heavy (non-hydrogen) atoms. The summed E-state index contributed by atoms with van der Waals surface area (Å²) in [6, 6.07) is 2.36. The largest absolute Gasteiger partial charge is 0.368 e. The highest BCUT2D eigenvalue weighted by atomic mass is 16.1. The van der Waals surface area contributed by atoms with E-state index in [-0.39, 0.29) is 5.91 Å². The summed E-state index contributed by atoms with van der Waals surface area (Å²) in [5.41, 5.74) is 1.95. The predicted molar refractivity (Wildman–Crippen MR) is 92.1 cm³/mol. The fraction of sp³-hybridized carbons (Fsp3) is 0.529. The maximum atomic E-state index is 11.9. The highest BCUT2D eigenvalue weighted by Crippen LogP contribution is 2.17. The second-order valence-electron chi connectivity index (χ2n) is 6.33. The van der Waals surface area contributed by atoms with E-state index in [0.29, 0.717) is 30.6 Å². The third kappa shape index (κ3) is 4.10. The highest BCUT2D eigenvalue weighted by Gasteiger charge is 2.16. The van der Waals surface area contributed by atoms with Crippen LogP contribution in [0.1, 0.15) is 43.5 Å². The molecule has 2 aromatic rings. The molecule has 7 heteroatoms. The summed E-state index contributed by atoms with van der Waals surface area (Å²) in [6.45, 7) is 4.46. The molecule has 0 saturated heterocycles. The Hall–Kier alpha value is -2.44. The number of aryl methyl sites for hydroxylation is 2. The lowest BCUT2D eigenvalue weighted by Crippen LogP contribution is -2.33. The van der Waals surface area contributed by atoms with E-state index >= 15 is 0 Å². The molecule has 0 radical (unpaired) electrons. The Morgan fingerprint density at radius 3 is 2.79 bits per heavy atom. The van der Waals surface area contributed by atoms with Crippen LogP contribution in [0.3, 0.4) is 0 Å². The molecule has 1 aliphatic carbocycles. The Bertz CT molecular complexity index is 705. The number of nitrogens with one attached hydrogen (secondary N) is 2. The summed E-state index contributed by atoms with van der Waals surface area (Å²) in [5, 5.41) is 10.7. The van der Waals surface area contributed by atoms with Gasteiger partial charge in [-0.1, -0.05) is 12.8 Å². The van der Waals surface area contributed by atoms with Crippen LogP contribution in [0.25, 0.3) is 5.82 Å². The normalized spacial score (nSPS) is 14.8. The summed E-state index contributed by atoms with van der Waals surface area (Å²) in [7, 11) is 0. The molecule has 7 nitrogen and oxygen atoms in total. The van der Waals surface area contributed by atoms with Gasteiger partial charge in [0.15, 0.2) is 5.82 Å². The first-order chi connectivity index (χ1) is 11.6. The van der Waals surface area contributed by atoms with E-state index in [4.69, 9.17) is 0 Å². The Labute approximate surface area is 141 Å². The zero-order valence-corrected chi connectivity index (χ0v) is 14.2. The van der Waals surface area contributed by atoms with Crippen molar-refractivity contribution in [3.05, 3.63) is 29.8 Å². The lowest BCUT2D eigenvalue weighted by molar-refractivity contribution is -0.121. The monoisotopic (exact) mass is 328 g/mol. The molecule has 3 rings (SSSR count). The molecule has 0 spiro atoms. The first-order valence-electron chi connectivity index (χ1n) is 8.51. The van der Waals surface area contributed by atoms with Gasteiger partial charge in [-0.2, -0.15) is 5.10 Å². The van der Waals surface area contributed by atoms with Gasteiger partial charge in [-0.3, -0.25) is 9.78 Å². The van der Waals surface area contributed by atoms with Gasteiger partial charge in [-0.25, -0.2) is 9.67 Å². The van der Waals surface area contributed by atoms with Crippen molar-refractivity contribution in [2.75, 3.05) is 11.9 Å². The molecule has 0 bridgehead atoms. The van der Waals surface area contributed by atoms with E-state index < -0.39 is 0 Å². The quantitative estimate of drug-likeness (QED) is 0.848. The van der Waals surface area contributed by atoms with Crippen molar-refractivity contribution in [2.45, 2.75) is 52.0 Å². The molecule has 2 N–H and O–H groups in total. The van der Waals surface area contributed by atoms with E-state index in [1.807, 2.05) is 19.9 Å². The van der Waals surface area contributed by atoms with Gasteiger partial charge in [0, 0.05) is 24.7 Å². The maximum absolute atomic E-state index is 11.9. The summed E-state index contributed by atoms with van der Waals surface area (Å²) in [6.07, 6.45) is 8.42. The maximum Gasteiger partial charge on any atom is 0.221 e. The van der Waals surface area contributed by atoms with Crippen LogP contribution in [0.15, 0.2) is 18.5 Å². The van der Waals surface area contributed by atoms with Gasteiger partial charge in [0.2, 0.25) is 5.91 Å². The lowest BCUT2D eigenvalue weighted by atomic mass is 10.2. The second kappa shape index (κ2) is 7.42. The van der Waals surface area contributed by atoms with Crippen LogP contribution in [-0.2, 0) is 4.79 Å². The number of carbonyl (C=O) groups excluding carboxylic acids is 1. The van der Waals surface area contributed by atoms with Gasteiger partial charge < -0.3 is 10.6 Å². The predicted octanol–water partition coefficient (Wildman–Crippen LogP) is 2.14. The van der Waals surface area contributed by atoms with Gasteiger partial charge in [-0.15, -0.1) is 0 Å². The zero-order valence-electron chi connectivity index (χ0n) is 14.2. The molecule has 1 fully saturated rings. The van der Waals surface area contributed by atoms with Gasteiger partial charge in [0.25, 0.3) is 0 Å². The van der Waals surface area contributed by atoms with Gasteiger partial charge in [0.1, 0.15) is 5.82 Å². The number of aromatic nitrogens is 4. The van der Waals surface area contributed by atoms with Crippen molar-refractivity contribution >= 4 is 11.7 Å². The summed E-state index contributed by atoms with van der Waals surface area (Å²) in [5.74, 6) is 1.41. The number of rotatable bonds is 6. The van der Waals surface area contributed by atoms with Crippen LogP contribution >= 0.6 is 0 Å². The molecule has 0 aliphatic heterocycles. The lowest BCUT2D eigenvalue weighted by Gasteiger charge is -2.12. The van der Waals surface area contributed by atoms with Gasteiger partial charge in [0.05, 0.1) is 18.1 Å². The van der Waals surface area contributed by atoms with Gasteiger partial charge in [-0.05, 0) is 32.8 Å². The molecular weight excluding hydrogens is 304 g/mol. The number of hydrogen-bond donors (Lipinski definition) is 2. The average molecular weight is 328 g/mol. The van der Waals surface area contributed by atoms with E-state index in [1.54, 1.807) is 17.1 Å². The van der Waals surface area contributed by atoms with E-state index in [2.05, 4.69) is 25.7 Å². The molecule has 128 valence electrons. The molecule has 2 heterocycles. The van der Waals surface area contributed by atoms with Crippen molar-refractivity contribution in [2.24, 2.45) is 0 Å². The average Bonchev–Trinajstić information content (AvgIpc) is 3.17. The Balaban J connectivity index is 1.53. The highest BCUT2D eigenvalue weighted by molar-refractivity contribution is 5.76. The Morgan fingerprint density at radius 2 is 2.08 bits per heavy atom. The smallest absolute Gasteiger partial charge is 0.221 e. The fourth-order valence-electron chi connectivity index (χ4n) is 3.08. The zero-order chi connectivity index (χ0) is 16.9. The molecule has 2 aromatic heterocycles. The molecule has 0 aromatic carbocycles. The van der Waals surface area contributed by atoms with Crippen LogP contribution in [-0.4, -0.2) is 38.2 Å². The van der Waals surface area contributed by atoms with E-state index in [0.717, 1.165) is 24.2 Å². The number of amides is 1. The standard InChI is InChI=1S/C17H24N6O/c1-12-9-13(2)23(22-12)16-11-18-10-15(21-16)19-8-7-17(24)20-14-5-3-4-6-14/h9-11,14H,3-8H2,1-2H3,(H,19,21)(H,20,24). The summed E-state index contributed by atoms with van der Waals surface area (Å²) < 4.78 is 1.76. The molecule has 1 saturated carbocycles. The molecule has 1 amide bonds. The molecule has 0 atom stereocenters. The minimum atomic E-state index is 0.0945. The molecule has 1 aliphatic rings. The van der Waals surface area contributed by atoms with Crippen molar-refractivity contribution in [3.63, 3.8) is 0 Å². The summed E-state index contributed by atoms with van der Waals surface area (Å²) >= 11 is 0. The SMILES string of the molecule is Cc1cc(C)n(-c2cncc(NCCC(=O)NC3CCCC3)n2)n1. The first kappa shape index (κ1) is 16.4. The topological polar surface area (TPSA) is 84.7 Å². The number of carbonyl (C=O) groups is 1. The third-order valence-electron chi connectivity index (χ3n) is 4.23. The van der Waals surface area contributed by atoms with Crippen molar-refractivity contribution < 1.29 is 4.79 Å². The van der Waals surface area contributed by atoms with Crippen molar-refractivity contribution in [3.8, 4) is 5.82 Å². The van der Waals surface area contributed by atoms with E-state index in [1.165, 1.54) is 12.8 Å². The van der Waals surface area contributed by atoms with Crippen LogP contribution in [0, 0.1) is 13.8 Å². The van der Waals surface area contributed by atoms with Crippen LogP contribution < -0.4 is 10.6 Å². The number of hydrogen-bond acceptors (Lipinski definition) is 5. The Kier molecular flexibility index (Phi) is 5.08. The first-order valence-corrected chi connectivity index (χ1v) is 8.51. The van der Waals surface area contributed by atoms with Crippen molar-refractivity contribution in [1.82, 2.24) is 25.1 Å². The third-order valence-corrected chi connectivity index (χ3v) is 4.23. The Morgan fingerprint density at radius 1 is 1.29 bits per heavy atom.